The number of hydrogen-bond acceptors (Lipinski definition) is 3. The van der Waals surface area contributed by atoms with Gasteiger partial charge < -0.3 is 16.4 Å². The molecular formula is C16H23N3O2. The number of hydrogen-bond donors (Lipinski definition) is 2. The van der Waals surface area contributed by atoms with Crippen LogP contribution in [0.3, 0.4) is 0 Å². The van der Waals surface area contributed by atoms with Gasteiger partial charge in [-0.15, -0.1) is 0 Å². The third-order valence-corrected chi connectivity index (χ3v) is 4.32. The number of benzene rings is 1. The van der Waals surface area contributed by atoms with Crippen molar-refractivity contribution < 1.29 is 9.59 Å². The molecule has 0 bridgehead atoms. The summed E-state index contributed by atoms with van der Waals surface area (Å²) in [5.74, 6) is -0.201. The van der Waals surface area contributed by atoms with Crippen molar-refractivity contribution in [2.24, 2.45) is 17.4 Å². The van der Waals surface area contributed by atoms with Gasteiger partial charge in [0.1, 0.15) is 0 Å². The lowest BCUT2D eigenvalue weighted by atomic mass is 10.0. The summed E-state index contributed by atoms with van der Waals surface area (Å²) in [5, 5.41) is 0. The van der Waals surface area contributed by atoms with Crippen LogP contribution in [0.5, 0.6) is 0 Å². The van der Waals surface area contributed by atoms with Crippen LogP contribution in [0, 0.1) is 5.92 Å². The topological polar surface area (TPSA) is 89.4 Å². The number of nitrogens with zero attached hydrogens (tertiary/aromatic N) is 1. The van der Waals surface area contributed by atoms with E-state index in [2.05, 4.69) is 0 Å². The molecule has 1 aliphatic rings. The Morgan fingerprint density at radius 1 is 1.29 bits per heavy atom. The first-order chi connectivity index (χ1) is 10.1. The molecule has 21 heavy (non-hydrogen) atoms. The Bertz CT molecular complexity index is 530. The van der Waals surface area contributed by atoms with Crippen molar-refractivity contribution in [3.8, 4) is 0 Å². The van der Waals surface area contributed by atoms with E-state index in [0.29, 0.717) is 30.1 Å². The Labute approximate surface area is 125 Å². The van der Waals surface area contributed by atoms with Crippen LogP contribution in [0.4, 0.5) is 0 Å². The Morgan fingerprint density at radius 3 is 2.62 bits per heavy atom. The minimum Gasteiger partial charge on any atom is -0.366 e. The number of primary amides is 1. The van der Waals surface area contributed by atoms with Gasteiger partial charge in [0.2, 0.25) is 5.91 Å². The molecular weight excluding hydrogens is 266 g/mol. The lowest BCUT2D eigenvalue weighted by Gasteiger charge is -2.32. The Kier molecular flexibility index (Phi) is 4.96. The number of nitrogens with two attached hydrogens (primary N) is 2. The maximum Gasteiger partial charge on any atom is 0.254 e. The van der Waals surface area contributed by atoms with Crippen molar-refractivity contribution in [1.82, 2.24) is 4.90 Å². The molecule has 0 radical (unpaired) electrons. The van der Waals surface area contributed by atoms with E-state index < -0.39 is 5.91 Å². The van der Waals surface area contributed by atoms with E-state index in [1.165, 1.54) is 0 Å². The summed E-state index contributed by atoms with van der Waals surface area (Å²) in [7, 11) is 0. The fourth-order valence-corrected chi connectivity index (χ4v) is 3.20. The van der Waals surface area contributed by atoms with E-state index in [1.54, 1.807) is 24.3 Å². The van der Waals surface area contributed by atoms with E-state index in [-0.39, 0.29) is 11.9 Å². The minimum atomic E-state index is -0.520. The predicted molar refractivity (Wildman–Crippen MR) is 81.9 cm³/mol. The average molecular weight is 289 g/mol. The van der Waals surface area contributed by atoms with Crippen LogP contribution >= 0.6 is 0 Å². The molecule has 1 fully saturated rings. The smallest absolute Gasteiger partial charge is 0.254 e. The molecule has 0 aromatic heterocycles. The quantitative estimate of drug-likeness (QED) is 0.858. The van der Waals surface area contributed by atoms with Gasteiger partial charge in [0.05, 0.1) is 0 Å². The van der Waals surface area contributed by atoms with Gasteiger partial charge in [-0.25, -0.2) is 0 Å². The monoisotopic (exact) mass is 289 g/mol. The van der Waals surface area contributed by atoms with Gasteiger partial charge in [-0.3, -0.25) is 9.59 Å². The largest absolute Gasteiger partial charge is 0.366 e. The molecule has 4 N–H and O–H groups in total. The average Bonchev–Trinajstić information content (AvgIpc) is 2.96. The number of carbonyl (C=O) groups is 2. The third-order valence-electron chi connectivity index (χ3n) is 4.32. The molecule has 1 aromatic rings. The molecule has 0 heterocycles. The van der Waals surface area contributed by atoms with Gasteiger partial charge in [-0.05, 0) is 50.4 Å². The molecule has 2 amide bonds. The zero-order valence-corrected chi connectivity index (χ0v) is 12.4. The van der Waals surface area contributed by atoms with Crippen LogP contribution in [0.15, 0.2) is 24.3 Å². The van der Waals surface area contributed by atoms with Gasteiger partial charge in [0.15, 0.2) is 0 Å². The van der Waals surface area contributed by atoms with Gasteiger partial charge in [0.25, 0.3) is 5.91 Å². The van der Waals surface area contributed by atoms with Gasteiger partial charge >= 0.3 is 0 Å². The fraction of sp³-hybridized carbons (Fsp3) is 0.500. The maximum absolute atomic E-state index is 12.7. The summed E-state index contributed by atoms with van der Waals surface area (Å²) in [6.45, 7) is 3.22. The van der Waals surface area contributed by atoms with Gasteiger partial charge in [-0.2, -0.15) is 0 Å². The molecule has 2 unspecified atom stereocenters. The molecule has 0 saturated heterocycles. The first-order valence-corrected chi connectivity index (χ1v) is 7.49. The van der Waals surface area contributed by atoms with Crippen molar-refractivity contribution in [3.05, 3.63) is 35.4 Å². The molecule has 0 aliphatic heterocycles. The Hall–Kier alpha value is -1.88. The third kappa shape index (κ3) is 3.24. The van der Waals surface area contributed by atoms with E-state index >= 15 is 0 Å². The zero-order valence-electron chi connectivity index (χ0n) is 12.4. The summed E-state index contributed by atoms with van der Waals surface area (Å²) in [6, 6.07) is 6.80. The molecule has 1 aliphatic carbocycles. The molecule has 2 rings (SSSR count). The van der Waals surface area contributed by atoms with Crippen molar-refractivity contribution in [1.29, 1.82) is 0 Å². The summed E-state index contributed by atoms with van der Waals surface area (Å²) >= 11 is 0. The maximum atomic E-state index is 12.7. The van der Waals surface area contributed by atoms with E-state index in [9.17, 15) is 9.59 Å². The van der Waals surface area contributed by atoms with Gasteiger partial charge in [0, 0.05) is 23.7 Å². The highest BCUT2D eigenvalue weighted by Gasteiger charge is 2.33. The normalized spacial score (nSPS) is 21.2. The second kappa shape index (κ2) is 6.72. The summed E-state index contributed by atoms with van der Waals surface area (Å²) < 4.78 is 0. The standard InChI is InChI=1S/C16H23N3O2/c1-2-19(14-8-4-7-13(14)10-17)16(21)12-6-3-5-11(9-12)15(18)20/h3,5-6,9,13-14H,2,4,7-8,10,17H2,1H3,(H2,18,20). The van der Waals surface area contributed by atoms with Crippen LogP contribution in [-0.4, -0.2) is 35.8 Å². The Morgan fingerprint density at radius 2 is 2.00 bits per heavy atom. The molecule has 1 aromatic carbocycles. The van der Waals surface area contributed by atoms with Crippen molar-refractivity contribution in [2.75, 3.05) is 13.1 Å². The molecule has 5 nitrogen and oxygen atoms in total. The van der Waals surface area contributed by atoms with Gasteiger partial charge in [-0.1, -0.05) is 12.5 Å². The highest BCUT2D eigenvalue weighted by molar-refractivity contribution is 5.99. The van der Waals surface area contributed by atoms with Crippen LogP contribution < -0.4 is 11.5 Å². The van der Waals surface area contributed by atoms with Crippen molar-refractivity contribution >= 4 is 11.8 Å². The molecule has 5 heteroatoms. The highest BCUT2D eigenvalue weighted by Crippen LogP contribution is 2.30. The lowest BCUT2D eigenvalue weighted by molar-refractivity contribution is 0.0652. The Balaban J connectivity index is 2.24. The number of rotatable bonds is 5. The van der Waals surface area contributed by atoms with Crippen LogP contribution in [0.25, 0.3) is 0 Å². The minimum absolute atomic E-state index is 0.0500. The first-order valence-electron chi connectivity index (χ1n) is 7.49. The second-order valence-corrected chi connectivity index (χ2v) is 5.53. The molecule has 0 spiro atoms. The SMILES string of the molecule is CCN(C(=O)c1cccc(C(N)=O)c1)C1CCCC1CN. The number of amides is 2. The van der Waals surface area contributed by atoms with E-state index in [0.717, 1.165) is 19.3 Å². The molecule has 1 saturated carbocycles. The summed E-state index contributed by atoms with van der Waals surface area (Å²) in [5.41, 5.74) is 12.0. The van der Waals surface area contributed by atoms with Crippen LogP contribution in [0.2, 0.25) is 0 Å². The first kappa shape index (κ1) is 15.5. The molecule has 114 valence electrons. The lowest BCUT2D eigenvalue weighted by Crippen LogP contribution is -2.44. The van der Waals surface area contributed by atoms with Crippen molar-refractivity contribution in [3.63, 3.8) is 0 Å². The zero-order chi connectivity index (χ0) is 15.4. The summed E-state index contributed by atoms with van der Waals surface area (Å²) in [4.78, 5) is 25.9. The van der Waals surface area contributed by atoms with Crippen LogP contribution in [0.1, 0.15) is 46.9 Å². The fourth-order valence-electron chi connectivity index (χ4n) is 3.20. The van der Waals surface area contributed by atoms with Crippen LogP contribution in [-0.2, 0) is 0 Å². The van der Waals surface area contributed by atoms with Crippen molar-refractivity contribution in [2.45, 2.75) is 32.2 Å². The van der Waals surface area contributed by atoms with E-state index in [1.807, 2.05) is 11.8 Å². The molecule has 2 atom stereocenters. The number of carbonyl (C=O) groups excluding carboxylic acids is 2. The predicted octanol–water partition coefficient (Wildman–Crippen LogP) is 1.38. The highest BCUT2D eigenvalue weighted by atomic mass is 16.2. The van der Waals surface area contributed by atoms with E-state index in [4.69, 9.17) is 11.5 Å². The summed E-state index contributed by atoms with van der Waals surface area (Å²) in [6.07, 6.45) is 3.18. The second-order valence-electron chi connectivity index (χ2n) is 5.53.